The number of aliphatic hydroxyl groups excluding tert-OH is 2. The fourth-order valence-corrected chi connectivity index (χ4v) is 1.35. The van der Waals surface area contributed by atoms with Crippen LogP contribution in [0.15, 0.2) is 0 Å². The fourth-order valence-electron chi connectivity index (χ4n) is 1.35. The number of amides is 2. The summed E-state index contributed by atoms with van der Waals surface area (Å²) in [6.07, 6.45) is -0.477. The van der Waals surface area contributed by atoms with E-state index in [2.05, 4.69) is 5.32 Å². The highest BCUT2D eigenvalue weighted by molar-refractivity contribution is 5.77. The summed E-state index contributed by atoms with van der Waals surface area (Å²) < 4.78 is 5.02. The van der Waals surface area contributed by atoms with Crippen LogP contribution in [0.1, 0.15) is 27.2 Å². The molecular weight excluding hydrogens is 252 g/mol. The molecule has 19 heavy (non-hydrogen) atoms. The van der Waals surface area contributed by atoms with Crippen molar-refractivity contribution in [2.75, 3.05) is 32.8 Å². The second kappa shape index (κ2) is 8.71. The molecule has 0 aromatic carbocycles. The molecule has 0 radical (unpaired) electrons. The average molecular weight is 276 g/mol. The Bertz CT molecular complexity index is 282. The third-order valence-corrected chi connectivity index (χ3v) is 2.10. The molecule has 2 amide bonds. The van der Waals surface area contributed by atoms with Gasteiger partial charge in [0.25, 0.3) is 0 Å². The lowest BCUT2D eigenvalue weighted by molar-refractivity contribution is -0.132. The van der Waals surface area contributed by atoms with E-state index < -0.39 is 11.7 Å². The zero-order chi connectivity index (χ0) is 14.9. The van der Waals surface area contributed by atoms with Gasteiger partial charge in [-0.2, -0.15) is 0 Å². The normalized spacial score (nSPS) is 11.0. The van der Waals surface area contributed by atoms with Gasteiger partial charge < -0.3 is 25.2 Å². The van der Waals surface area contributed by atoms with Crippen LogP contribution < -0.4 is 5.32 Å². The molecule has 7 nitrogen and oxygen atoms in total. The Labute approximate surface area is 113 Å². The van der Waals surface area contributed by atoms with E-state index in [-0.39, 0.29) is 45.2 Å². The largest absolute Gasteiger partial charge is 0.444 e. The van der Waals surface area contributed by atoms with Crippen molar-refractivity contribution in [2.45, 2.75) is 32.8 Å². The molecule has 0 rings (SSSR count). The molecule has 0 aliphatic carbocycles. The van der Waals surface area contributed by atoms with Gasteiger partial charge in [0.1, 0.15) is 5.60 Å². The van der Waals surface area contributed by atoms with E-state index in [4.69, 9.17) is 14.9 Å². The predicted octanol–water partition coefficient (Wildman–Crippen LogP) is -0.286. The van der Waals surface area contributed by atoms with Crippen LogP contribution in [0.25, 0.3) is 0 Å². The first-order valence-electron chi connectivity index (χ1n) is 6.26. The molecule has 0 aromatic heterocycles. The van der Waals surface area contributed by atoms with Crippen molar-refractivity contribution in [3.8, 4) is 0 Å². The number of carbonyl (C=O) groups is 2. The molecule has 3 N–H and O–H groups in total. The van der Waals surface area contributed by atoms with Gasteiger partial charge in [-0.05, 0) is 20.8 Å². The Hall–Kier alpha value is -1.34. The minimum Gasteiger partial charge on any atom is -0.444 e. The van der Waals surface area contributed by atoms with Crippen LogP contribution in [-0.2, 0) is 9.53 Å². The van der Waals surface area contributed by atoms with Crippen LogP contribution >= 0.6 is 0 Å². The van der Waals surface area contributed by atoms with Crippen molar-refractivity contribution in [3.05, 3.63) is 0 Å². The predicted molar refractivity (Wildman–Crippen MR) is 69.6 cm³/mol. The molecule has 0 atom stereocenters. The quantitative estimate of drug-likeness (QED) is 0.593. The van der Waals surface area contributed by atoms with E-state index in [1.54, 1.807) is 20.8 Å². The second-order valence-corrected chi connectivity index (χ2v) is 5.01. The van der Waals surface area contributed by atoms with Gasteiger partial charge in [-0.15, -0.1) is 0 Å². The maximum absolute atomic E-state index is 11.7. The number of aliphatic hydroxyl groups is 2. The van der Waals surface area contributed by atoms with E-state index >= 15 is 0 Å². The van der Waals surface area contributed by atoms with Gasteiger partial charge >= 0.3 is 6.09 Å². The highest BCUT2D eigenvalue weighted by Crippen LogP contribution is 2.06. The lowest BCUT2D eigenvalue weighted by Crippen LogP contribution is -2.39. The highest BCUT2D eigenvalue weighted by Gasteiger charge is 2.17. The fraction of sp³-hybridized carbons (Fsp3) is 0.833. The maximum Gasteiger partial charge on any atom is 0.407 e. The van der Waals surface area contributed by atoms with E-state index in [1.807, 2.05) is 0 Å². The molecule has 7 heteroatoms. The minimum atomic E-state index is -0.575. The van der Waals surface area contributed by atoms with Gasteiger partial charge in [-0.25, -0.2) is 4.79 Å². The van der Waals surface area contributed by atoms with Crippen LogP contribution in [0.5, 0.6) is 0 Å². The summed E-state index contributed by atoms with van der Waals surface area (Å²) >= 11 is 0. The number of ether oxygens (including phenoxy) is 1. The Morgan fingerprint density at radius 1 is 1.16 bits per heavy atom. The summed E-state index contributed by atoms with van der Waals surface area (Å²) in [6.45, 7) is 5.43. The maximum atomic E-state index is 11.7. The van der Waals surface area contributed by atoms with Crippen LogP contribution in [0.3, 0.4) is 0 Å². The second-order valence-electron chi connectivity index (χ2n) is 5.01. The Balaban J connectivity index is 3.98. The van der Waals surface area contributed by atoms with Gasteiger partial charge in [0.15, 0.2) is 0 Å². The molecule has 112 valence electrons. The van der Waals surface area contributed by atoms with Crippen molar-refractivity contribution in [3.63, 3.8) is 0 Å². The number of hydrogen-bond acceptors (Lipinski definition) is 5. The van der Waals surface area contributed by atoms with Gasteiger partial charge in [0.05, 0.1) is 13.2 Å². The van der Waals surface area contributed by atoms with Crippen LogP contribution in [0.4, 0.5) is 4.79 Å². The summed E-state index contributed by atoms with van der Waals surface area (Å²) in [5.41, 5.74) is -0.575. The summed E-state index contributed by atoms with van der Waals surface area (Å²) in [7, 11) is 0. The molecule has 0 saturated carbocycles. The number of carbonyl (C=O) groups excluding carboxylic acids is 2. The van der Waals surface area contributed by atoms with Crippen molar-refractivity contribution < 1.29 is 24.5 Å². The number of rotatable bonds is 7. The Morgan fingerprint density at radius 3 is 2.11 bits per heavy atom. The van der Waals surface area contributed by atoms with Gasteiger partial charge in [-0.3, -0.25) is 4.79 Å². The molecule has 0 unspecified atom stereocenters. The lowest BCUT2D eigenvalue weighted by Gasteiger charge is -2.22. The van der Waals surface area contributed by atoms with E-state index in [0.717, 1.165) is 0 Å². The molecule has 0 heterocycles. The highest BCUT2D eigenvalue weighted by atomic mass is 16.6. The SMILES string of the molecule is CC(C)(C)OC(=O)NCCC(=O)N(CCO)CCO. The summed E-state index contributed by atoms with van der Waals surface area (Å²) in [5.74, 6) is -0.237. The lowest BCUT2D eigenvalue weighted by atomic mass is 10.2. The van der Waals surface area contributed by atoms with Gasteiger partial charge in [0, 0.05) is 26.1 Å². The zero-order valence-electron chi connectivity index (χ0n) is 11.8. The van der Waals surface area contributed by atoms with Crippen LogP contribution in [0, 0.1) is 0 Å². The van der Waals surface area contributed by atoms with Crippen LogP contribution in [0.2, 0.25) is 0 Å². The first-order valence-corrected chi connectivity index (χ1v) is 6.26. The molecule has 0 aliphatic heterocycles. The average Bonchev–Trinajstić information content (AvgIpc) is 2.26. The molecule has 0 spiro atoms. The molecule has 0 aromatic rings. The summed E-state index contributed by atoms with van der Waals surface area (Å²) in [6, 6.07) is 0. The minimum absolute atomic E-state index is 0.0965. The first-order chi connectivity index (χ1) is 8.80. The molecule has 0 saturated heterocycles. The molecule has 0 fully saturated rings. The van der Waals surface area contributed by atoms with Crippen LogP contribution in [-0.4, -0.2) is 65.6 Å². The third-order valence-electron chi connectivity index (χ3n) is 2.10. The van der Waals surface area contributed by atoms with Gasteiger partial charge in [0.2, 0.25) is 5.91 Å². The smallest absolute Gasteiger partial charge is 0.407 e. The monoisotopic (exact) mass is 276 g/mol. The van der Waals surface area contributed by atoms with Crippen molar-refractivity contribution in [2.24, 2.45) is 0 Å². The van der Waals surface area contributed by atoms with Crippen molar-refractivity contribution in [1.29, 1.82) is 0 Å². The van der Waals surface area contributed by atoms with Crippen molar-refractivity contribution >= 4 is 12.0 Å². The molecule has 0 bridgehead atoms. The molecular formula is C12H24N2O5. The zero-order valence-corrected chi connectivity index (χ0v) is 11.8. The number of alkyl carbamates (subject to hydrolysis) is 1. The number of nitrogens with zero attached hydrogens (tertiary/aromatic N) is 1. The first kappa shape index (κ1) is 17.7. The van der Waals surface area contributed by atoms with Gasteiger partial charge in [-0.1, -0.05) is 0 Å². The standard InChI is InChI=1S/C12H24N2O5/c1-12(2,3)19-11(18)13-5-4-10(17)14(6-8-15)7-9-16/h15-16H,4-9H2,1-3H3,(H,13,18). The third kappa shape index (κ3) is 9.26. The summed E-state index contributed by atoms with van der Waals surface area (Å²) in [5, 5.41) is 20.1. The molecule has 0 aliphatic rings. The van der Waals surface area contributed by atoms with E-state index in [9.17, 15) is 9.59 Å². The Morgan fingerprint density at radius 2 is 1.68 bits per heavy atom. The van der Waals surface area contributed by atoms with E-state index in [0.29, 0.717) is 0 Å². The number of nitrogens with one attached hydrogen (secondary N) is 1. The summed E-state index contributed by atoms with van der Waals surface area (Å²) in [4.78, 5) is 24.4. The van der Waals surface area contributed by atoms with E-state index in [1.165, 1.54) is 4.90 Å². The Kier molecular flexibility index (Phi) is 8.09. The van der Waals surface area contributed by atoms with Crippen molar-refractivity contribution in [1.82, 2.24) is 10.2 Å². The number of hydrogen-bond donors (Lipinski definition) is 3. The topological polar surface area (TPSA) is 99.1 Å².